The molecular formula is C27H16Cl2N2O6. The van der Waals surface area contributed by atoms with Crippen LogP contribution < -0.4 is 0 Å². The summed E-state index contributed by atoms with van der Waals surface area (Å²) < 4.78 is 1.43. The molecular weight excluding hydrogens is 519 g/mol. The smallest absolute Gasteiger partial charge is 0.335 e. The summed E-state index contributed by atoms with van der Waals surface area (Å²) in [6.45, 7) is -0.126. The number of aromatic nitrogens is 1. The lowest BCUT2D eigenvalue weighted by atomic mass is 10.0. The van der Waals surface area contributed by atoms with Crippen molar-refractivity contribution in [3.05, 3.63) is 110 Å². The fourth-order valence-electron chi connectivity index (χ4n) is 4.34. The molecule has 8 nitrogen and oxygen atoms in total. The van der Waals surface area contributed by atoms with Gasteiger partial charge in [-0.25, -0.2) is 14.6 Å². The predicted molar refractivity (Wildman–Crippen MR) is 137 cm³/mol. The monoisotopic (exact) mass is 534 g/mol. The quantitative estimate of drug-likeness (QED) is 0.295. The summed E-state index contributed by atoms with van der Waals surface area (Å²) in [6, 6.07) is 16.9. The molecule has 0 radical (unpaired) electrons. The number of benzene rings is 3. The molecule has 1 aliphatic rings. The second kappa shape index (κ2) is 9.24. The largest absolute Gasteiger partial charge is 0.494 e. The van der Waals surface area contributed by atoms with Gasteiger partial charge in [-0.1, -0.05) is 47.5 Å². The van der Waals surface area contributed by atoms with Crippen LogP contribution in [0.2, 0.25) is 10.0 Å². The molecule has 1 amide bonds. The van der Waals surface area contributed by atoms with Crippen LogP contribution in [-0.2, 0) is 6.54 Å². The second-order valence-corrected chi connectivity index (χ2v) is 9.19. The van der Waals surface area contributed by atoms with E-state index in [1.165, 1.54) is 16.7 Å². The maximum atomic E-state index is 13.2. The first-order valence-corrected chi connectivity index (χ1v) is 11.6. The molecule has 0 spiro atoms. The van der Waals surface area contributed by atoms with Crippen molar-refractivity contribution in [2.24, 2.45) is 4.99 Å². The molecule has 1 aliphatic heterocycles. The van der Waals surface area contributed by atoms with Gasteiger partial charge in [0.2, 0.25) is 5.88 Å². The van der Waals surface area contributed by atoms with E-state index in [2.05, 4.69) is 4.99 Å². The number of fused-ring (bicyclic) bond motifs is 1. The van der Waals surface area contributed by atoms with Gasteiger partial charge < -0.3 is 19.9 Å². The Morgan fingerprint density at radius 2 is 1.30 bits per heavy atom. The van der Waals surface area contributed by atoms with Gasteiger partial charge in [0.25, 0.3) is 5.91 Å². The molecule has 0 fully saturated rings. The molecule has 0 unspecified atom stereocenters. The number of hydrogen-bond acceptors (Lipinski definition) is 4. The third-order valence-electron chi connectivity index (χ3n) is 5.96. The first-order valence-electron chi connectivity index (χ1n) is 10.9. The molecule has 10 heteroatoms. The van der Waals surface area contributed by atoms with Crippen LogP contribution in [0.25, 0.3) is 11.3 Å². The number of carboxylic acids is 2. The van der Waals surface area contributed by atoms with Gasteiger partial charge in [-0.15, -0.1) is 0 Å². The molecule has 0 saturated carbocycles. The molecule has 5 rings (SSSR count). The summed E-state index contributed by atoms with van der Waals surface area (Å²) in [5.41, 5.74) is 1.94. The molecule has 3 N–H and O–H groups in total. The van der Waals surface area contributed by atoms with Crippen LogP contribution >= 0.6 is 23.2 Å². The predicted octanol–water partition coefficient (Wildman–Crippen LogP) is 5.60. The van der Waals surface area contributed by atoms with Crippen molar-refractivity contribution in [3.63, 3.8) is 0 Å². The summed E-state index contributed by atoms with van der Waals surface area (Å²) >= 11 is 12.1. The van der Waals surface area contributed by atoms with Gasteiger partial charge in [0.05, 0.1) is 40.2 Å². The Kier molecular flexibility index (Phi) is 6.07. The van der Waals surface area contributed by atoms with E-state index >= 15 is 0 Å². The Hall–Kier alpha value is -4.40. The minimum atomic E-state index is -1.30. The highest BCUT2D eigenvalue weighted by Crippen LogP contribution is 2.42. The van der Waals surface area contributed by atoms with Crippen LogP contribution in [0.1, 0.15) is 47.8 Å². The van der Waals surface area contributed by atoms with E-state index in [4.69, 9.17) is 23.2 Å². The van der Waals surface area contributed by atoms with Crippen LogP contribution in [0.15, 0.2) is 71.7 Å². The Labute approximate surface area is 219 Å². The van der Waals surface area contributed by atoms with E-state index < -0.39 is 17.8 Å². The normalized spacial score (nSPS) is 12.4. The Morgan fingerprint density at radius 3 is 1.81 bits per heavy atom. The molecule has 184 valence electrons. The fourth-order valence-corrected chi connectivity index (χ4v) is 4.60. The Bertz CT molecular complexity index is 1600. The topological polar surface area (TPSA) is 129 Å². The van der Waals surface area contributed by atoms with Crippen LogP contribution in [0, 0.1) is 0 Å². The molecule has 1 aromatic heterocycles. The fraction of sp³-hybridized carbons (Fsp3) is 0.0370. The second-order valence-electron chi connectivity index (χ2n) is 8.32. The zero-order valence-corrected chi connectivity index (χ0v) is 20.3. The number of carbonyl (C=O) groups is 3. The van der Waals surface area contributed by atoms with Crippen molar-refractivity contribution >= 4 is 46.8 Å². The number of nitrogens with zero attached hydrogens (tertiary/aromatic N) is 2. The number of carboxylic acid groups (broad SMARTS) is 2. The standard InChI is InChI=1S/C27H16Cl2N2O6/c28-18-5-1-14(2-6-18)22-20-21(24(32)30-22)23(15-3-7-19(29)8-4-15)31(25(20)33)12-13-9-16(26(34)35)11-17(10-13)27(36)37/h1-11,33H,12H2,(H,34,35)(H,36,37). The molecule has 0 aliphatic carbocycles. The number of aromatic hydroxyl groups is 1. The first-order chi connectivity index (χ1) is 17.6. The van der Waals surface area contributed by atoms with Gasteiger partial charge in [0.1, 0.15) is 0 Å². The van der Waals surface area contributed by atoms with Crippen LogP contribution in [0.4, 0.5) is 0 Å². The lowest BCUT2D eigenvalue weighted by Gasteiger charge is -2.14. The summed E-state index contributed by atoms with van der Waals surface area (Å²) in [5.74, 6) is -3.44. The number of halogens is 2. The minimum absolute atomic E-state index is 0.126. The number of aromatic carboxylic acids is 2. The van der Waals surface area contributed by atoms with Crippen molar-refractivity contribution in [2.75, 3.05) is 0 Å². The summed E-state index contributed by atoms with van der Waals surface area (Å²) in [4.78, 5) is 40.6. The highest BCUT2D eigenvalue weighted by atomic mass is 35.5. The van der Waals surface area contributed by atoms with Crippen LogP contribution in [0.5, 0.6) is 5.88 Å². The van der Waals surface area contributed by atoms with Gasteiger partial charge in [0, 0.05) is 15.6 Å². The van der Waals surface area contributed by atoms with Gasteiger partial charge in [-0.2, -0.15) is 0 Å². The maximum absolute atomic E-state index is 13.2. The van der Waals surface area contributed by atoms with E-state index in [1.807, 2.05) is 0 Å². The number of rotatable bonds is 6. The molecule has 0 saturated heterocycles. The van der Waals surface area contributed by atoms with Crippen molar-refractivity contribution in [3.8, 4) is 17.1 Å². The zero-order valence-electron chi connectivity index (χ0n) is 18.8. The van der Waals surface area contributed by atoms with Crippen LogP contribution in [-0.4, -0.2) is 43.4 Å². The summed E-state index contributed by atoms with van der Waals surface area (Å²) in [6.07, 6.45) is 0. The summed E-state index contributed by atoms with van der Waals surface area (Å²) in [5, 5.41) is 31.3. The van der Waals surface area contributed by atoms with Gasteiger partial charge in [0.15, 0.2) is 0 Å². The number of carbonyl (C=O) groups excluding carboxylic acids is 1. The van der Waals surface area contributed by atoms with Crippen molar-refractivity contribution in [1.29, 1.82) is 0 Å². The third kappa shape index (κ3) is 4.37. The SMILES string of the molecule is O=C(O)c1cc(Cn2c(O)c3c(c2-c2ccc(Cl)cc2)C(=O)N=C3c2ccc(Cl)cc2)cc(C(=O)O)c1. The first kappa shape index (κ1) is 24.3. The van der Waals surface area contributed by atoms with E-state index in [9.17, 15) is 29.7 Å². The van der Waals surface area contributed by atoms with E-state index in [-0.39, 0.29) is 40.4 Å². The van der Waals surface area contributed by atoms with Crippen molar-refractivity contribution in [1.82, 2.24) is 4.57 Å². The number of hydrogen-bond donors (Lipinski definition) is 3. The molecule has 3 aromatic carbocycles. The van der Waals surface area contributed by atoms with Gasteiger partial charge >= 0.3 is 11.9 Å². The summed E-state index contributed by atoms with van der Waals surface area (Å²) in [7, 11) is 0. The zero-order chi connectivity index (χ0) is 26.4. The lowest BCUT2D eigenvalue weighted by Crippen LogP contribution is -2.09. The average Bonchev–Trinajstić information content (AvgIpc) is 3.35. The number of amides is 1. The molecule has 37 heavy (non-hydrogen) atoms. The van der Waals surface area contributed by atoms with Gasteiger partial charge in [-0.05, 0) is 53.6 Å². The highest BCUT2D eigenvalue weighted by Gasteiger charge is 2.36. The molecule has 0 atom stereocenters. The van der Waals surface area contributed by atoms with Crippen molar-refractivity contribution in [2.45, 2.75) is 6.54 Å². The molecule has 0 bridgehead atoms. The number of aliphatic imine (C=N–C) groups is 1. The Morgan fingerprint density at radius 1 is 0.784 bits per heavy atom. The van der Waals surface area contributed by atoms with Gasteiger partial charge in [-0.3, -0.25) is 4.79 Å². The third-order valence-corrected chi connectivity index (χ3v) is 6.47. The molecule has 2 heterocycles. The van der Waals surface area contributed by atoms with Crippen molar-refractivity contribution < 1.29 is 29.7 Å². The lowest BCUT2D eigenvalue weighted by molar-refractivity contribution is 0.0696. The highest BCUT2D eigenvalue weighted by molar-refractivity contribution is 6.32. The molecule has 4 aromatic rings. The maximum Gasteiger partial charge on any atom is 0.335 e. The average molecular weight is 535 g/mol. The minimum Gasteiger partial charge on any atom is -0.494 e. The van der Waals surface area contributed by atoms with E-state index in [0.717, 1.165) is 6.07 Å². The van der Waals surface area contributed by atoms with E-state index in [0.29, 0.717) is 32.4 Å². The van der Waals surface area contributed by atoms with Crippen LogP contribution in [0.3, 0.4) is 0 Å². The van der Waals surface area contributed by atoms with E-state index in [1.54, 1.807) is 48.5 Å². The Balaban J connectivity index is 1.73.